The predicted octanol–water partition coefficient (Wildman–Crippen LogP) is 4.54. The number of aromatic amines is 1. The molecule has 0 atom stereocenters. The monoisotopic (exact) mass is 440 g/mol. The molecule has 0 aliphatic rings. The van der Waals surface area contributed by atoms with Crippen molar-refractivity contribution < 1.29 is 17.9 Å². The average Bonchev–Trinajstić information content (AvgIpc) is 3.41. The Bertz CT molecular complexity index is 1180. The molecule has 0 aliphatic heterocycles. The van der Waals surface area contributed by atoms with Crippen LogP contribution in [0.25, 0.3) is 5.57 Å². The van der Waals surface area contributed by atoms with Crippen LogP contribution in [0, 0.1) is 11.3 Å². The van der Waals surface area contributed by atoms with E-state index in [1.807, 2.05) is 34.9 Å². The molecule has 0 saturated carbocycles. The fraction of sp³-hybridized carbons (Fsp3) is 0.182. The number of imidazole rings is 1. The molecular weight excluding hydrogens is 421 g/mol. The molecular formula is C22H19F3N6O. The number of aromatic nitrogens is 5. The number of H-pyrrole nitrogens is 1. The third-order valence-corrected chi connectivity index (χ3v) is 4.40. The van der Waals surface area contributed by atoms with Gasteiger partial charge in [-0.15, -0.1) is 5.10 Å². The van der Waals surface area contributed by atoms with Crippen LogP contribution >= 0.6 is 0 Å². The Morgan fingerprint density at radius 3 is 2.69 bits per heavy atom. The van der Waals surface area contributed by atoms with Crippen LogP contribution in [-0.2, 0) is 17.9 Å². The average molecular weight is 440 g/mol. The number of halogens is 3. The smallest absolute Gasteiger partial charge is 0.416 e. The number of nitriles is 1. The molecule has 10 heteroatoms. The van der Waals surface area contributed by atoms with Gasteiger partial charge in [-0.3, -0.25) is 0 Å². The number of rotatable bonds is 8. The minimum Gasteiger partial charge on any atom is -0.490 e. The van der Waals surface area contributed by atoms with Gasteiger partial charge in [-0.1, -0.05) is 36.9 Å². The third-order valence-electron chi connectivity index (χ3n) is 4.40. The minimum atomic E-state index is -4.67. The molecule has 3 aromatic rings. The van der Waals surface area contributed by atoms with Gasteiger partial charge in [0.2, 0.25) is 0 Å². The first-order chi connectivity index (χ1) is 15.3. The van der Waals surface area contributed by atoms with Crippen molar-refractivity contribution >= 4 is 5.57 Å². The van der Waals surface area contributed by atoms with Crippen molar-refractivity contribution in [1.29, 1.82) is 5.26 Å². The van der Waals surface area contributed by atoms with Gasteiger partial charge >= 0.3 is 6.18 Å². The minimum absolute atomic E-state index is 0.00385. The second-order valence-electron chi connectivity index (χ2n) is 6.76. The lowest BCUT2D eigenvalue weighted by molar-refractivity contribution is -0.0884. The molecule has 1 aromatic carbocycles. The van der Waals surface area contributed by atoms with Crippen LogP contribution in [0.5, 0.6) is 0 Å². The maximum absolute atomic E-state index is 13.6. The number of hydrogen-bond acceptors (Lipinski definition) is 5. The van der Waals surface area contributed by atoms with Crippen LogP contribution in [0.2, 0.25) is 0 Å². The molecule has 0 amide bonds. The highest BCUT2D eigenvalue weighted by Gasteiger charge is 2.33. The first-order valence-corrected chi connectivity index (χ1v) is 9.42. The lowest BCUT2D eigenvalue weighted by Crippen LogP contribution is -2.11. The van der Waals surface area contributed by atoms with Crippen molar-refractivity contribution in [3.05, 3.63) is 95.6 Å². The van der Waals surface area contributed by atoms with Crippen LogP contribution in [-0.4, -0.2) is 31.1 Å². The molecule has 0 aliphatic carbocycles. The Kier molecular flexibility index (Phi) is 6.90. The van der Waals surface area contributed by atoms with Gasteiger partial charge in [0, 0.05) is 18.9 Å². The van der Waals surface area contributed by atoms with Crippen LogP contribution in [0.15, 0.2) is 72.8 Å². The van der Waals surface area contributed by atoms with Gasteiger partial charge in [0.15, 0.2) is 5.69 Å². The summed E-state index contributed by atoms with van der Waals surface area (Å²) in [7, 11) is 0. The number of alkyl halides is 3. The SMILES string of the molecule is C=C(/C=C(\C=C(/C)OCc1nccn1Cc1ccccc1)C(F)(F)F)c1n[nH]nc1C#N. The topological polar surface area (TPSA) is 92.4 Å². The van der Waals surface area contributed by atoms with E-state index in [-0.39, 0.29) is 29.3 Å². The van der Waals surface area contributed by atoms with E-state index in [9.17, 15) is 13.2 Å². The summed E-state index contributed by atoms with van der Waals surface area (Å²) in [6, 6.07) is 11.4. The van der Waals surface area contributed by atoms with E-state index in [1.54, 1.807) is 18.5 Å². The van der Waals surface area contributed by atoms with Crippen LogP contribution < -0.4 is 0 Å². The quantitative estimate of drug-likeness (QED) is 0.410. The van der Waals surface area contributed by atoms with Crippen molar-refractivity contribution in [2.45, 2.75) is 26.3 Å². The molecule has 164 valence electrons. The van der Waals surface area contributed by atoms with E-state index in [0.717, 1.165) is 17.7 Å². The van der Waals surface area contributed by atoms with Crippen molar-refractivity contribution in [2.75, 3.05) is 0 Å². The molecule has 0 radical (unpaired) electrons. The molecule has 0 bridgehead atoms. The highest BCUT2D eigenvalue weighted by Crippen LogP contribution is 2.30. The highest BCUT2D eigenvalue weighted by atomic mass is 19.4. The summed E-state index contributed by atoms with van der Waals surface area (Å²) in [5.41, 5.74) is -0.242. The van der Waals surface area contributed by atoms with Crippen molar-refractivity contribution in [1.82, 2.24) is 25.0 Å². The molecule has 0 fully saturated rings. The number of allylic oxidation sites excluding steroid dienone is 5. The first kappa shape index (κ1) is 22.6. The molecule has 0 saturated heterocycles. The summed E-state index contributed by atoms with van der Waals surface area (Å²) in [4.78, 5) is 4.22. The van der Waals surface area contributed by atoms with E-state index in [1.165, 1.54) is 6.92 Å². The fourth-order valence-electron chi connectivity index (χ4n) is 2.84. The lowest BCUT2D eigenvalue weighted by atomic mass is 10.1. The van der Waals surface area contributed by atoms with Gasteiger partial charge in [0.1, 0.15) is 24.2 Å². The largest absolute Gasteiger partial charge is 0.490 e. The molecule has 0 unspecified atom stereocenters. The Morgan fingerprint density at radius 1 is 1.25 bits per heavy atom. The Morgan fingerprint density at radius 2 is 2.00 bits per heavy atom. The maximum atomic E-state index is 13.6. The van der Waals surface area contributed by atoms with Gasteiger partial charge in [0.25, 0.3) is 0 Å². The van der Waals surface area contributed by atoms with Gasteiger partial charge in [-0.2, -0.15) is 28.7 Å². The molecule has 2 heterocycles. The Labute approximate surface area is 182 Å². The first-order valence-electron chi connectivity index (χ1n) is 9.42. The van der Waals surface area contributed by atoms with E-state index in [0.29, 0.717) is 12.4 Å². The number of hydrogen-bond donors (Lipinski definition) is 1. The maximum Gasteiger partial charge on any atom is 0.416 e. The second-order valence-corrected chi connectivity index (χ2v) is 6.76. The summed E-state index contributed by atoms with van der Waals surface area (Å²) in [6.07, 6.45) is 0.371. The molecule has 32 heavy (non-hydrogen) atoms. The Hall–Kier alpha value is -4.13. The zero-order valence-electron chi connectivity index (χ0n) is 17.1. The third kappa shape index (κ3) is 5.72. The van der Waals surface area contributed by atoms with Crippen molar-refractivity contribution in [2.24, 2.45) is 0 Å². The number of nitrogens with one attached hydrogen (secondary N) is 1. The van der Waals surface area contributed by atoms with E-state index < -0.39 is 11.7 Å². The molecule has 1 N–H and O–H groups in total. The zero-order chi connectivity index (χ0) is 23.1. The van der Waals surface area contributed by atoms with Gasteiger partial charge < -0.3 is 9.30 Å². The van der Waals surface area contributed by atoms with Gasteiger partial charge in [0.05, 0.1) is 11.3 Å². The van der Waals surface area contributed by atoms with E-state index in [4.69, 9.17) is 10.00 Å². The molecule has 3 rings (SSSR count). The van der Waals surface area contributed by atoms with E-state index >= 15 is 0 Å². The van der Waals surface area contributed by atoms with Crippen LogP contribution in [0.1, 0.15) is 29.7 Å². The summed E-state index contributed by atoms with van der Waals surface area (Å²) >= 11 is 0. The molecule has 2 aromatic heterocycles. The summed E-state index contributed by atoms with van der Waals surface area (Å²) in [5.74, 6) is 0.612. The molecule has 7 nitrogen and oxygen atoms in total. The van der Waals surface area contributed by atoms with Crippen molar-refractivity contribution in [3.8, 4) is 6.07 Å². The Balaban J connectivity index is 1.74. The molecule has 0 spiro atoms. The number of benzene rings is 1. The zero-order valence-corrected chi connectivity index (χ0v) is 17.1. The van der Waals surface area contributed by atoms with Crippen LogP contribution in [0.4, 0.5) is 13.2 Å². The second kappa shape index (κ2) is 9.78. The van der Waals surface area contributed by atoms with Crippen molar-refractivity contribution in [3.63, 3.8) is 0 Å². The summed E-state index contributed by atoms with van der Waals surface area (Å²) in [5, 5.41) is 18.4. The fourth-order valence-corrected chi connectivity index (χ4v) is 2.84. The number of ether oxygens (including phenoxy) is 1. The summed E-state index contributed by atoms with van der Waals surface area (Å²) < 4.78 is 48.0. The standard InChI is InChI=1S/C22H19F3N6O/c1-15(21-19(12-26)28-30-29-21)10-18(22(23,24)25)11-16(2)32-14-20-27-8-9-31(20)13-17-6-4-3-5-7-17/h3-11H,1,13-14H2,2H3,(H,28,29,30)/b16-11+,18-10+. The normalized spacial score (nSPS) is 12.5. The highest BCUT2D eigenvalue weighted by molar-refractivity contribution is 5.73. The van der Waals surface area contributed by atoms with Gasteiger partial charge in [-0.25, -0.2) is 4.98 Å². The number of nitrogens with zero attached hydrogens (tertiary/aromatic N) is 5. The van der Waals surface area contributed by atoms with Gasteiger partial charge in [-0.05, 0) is 30.2 Å². The lowest BCUT2D eigenvalue weighted by Gasteiger charge is -2.12. The summed E-state index contributed by atoms with van der Waals surface area (Å²) in [6.45, 7) is 5.55. The predicted molar refractivity (Wildman–Crippen MR) is 111 cm³/mol. The van der Waals surface area contributed by atoms with E-state index in [2.05, 4.69) is 27.0 Å². The van der Waals surface area contributed by atoms with Crippen LogP contribution in [0.3, 0.4) is 0 Å².